The number of anilines is 2. The molecule has 0 aromatic heterocycles. The SMILES string of the molecule is COC(=O)C1CCCN1c1ccc(NC(=O)[C@@H]2N[C@@H](CC(C)(C)C)[C@](C#N)(c3ccc(Cl)cc3F)[C@H]2c2cccc(Cl)c2F)cc1. The van der Waals surface area contributed by atoms with Crippen LogP contribution in [-0.4, -0.2) is 43.7 Å². The predicted octanol–water partition coefficient (Wildman–Crippen LogP) is 7.37. The maximum Gasteiger partial charge on any atom is 0.328 e. The normalized spacial score (nSPS) is 24.5. The number of carbonyl (C=O) groups is 2. The molecule has 2 saturated heterocycles. The first kappa shape index (κ1) is 33.6. The number of esters is 1. The monoisotopic (exact) mass is 668 g/mol. The number of hydrogen-bond donors (Lipinski definition) is 2. The highest BCUT2D eigenvalue weighted by Gasteiger charge is 2.61. The zero-order chi connectivity index (χ0) is 33.4. The van der Waals surface area contributed by atoms with Crippen LogP contribution < -0.4 is 15.5 Å². The molecule has 7 nitrogen and oxygen atoms in total. The number of benzene rings is 3. The van der Waals surface area contributed by atoms with Crippen LogP contribution >= 0.6 is 23.2 Å². The van der Waals surface area contributed by atoms with Gasteiger partial charge in [0.15, 0.2) is 0 Å². The Morgan fingerprint density at radius 2 is 1.85 bits per heavy atom. The molecule has 0 saturated carbocycles. The van der Waals surface area contributed by atoms with E-state index in [2.05, 4.69) is 16.7 Å². The van der Waals surface area contributed by atoms with E-state index in [4.69, 9.17) is 27.9 Å². The molecule has 2 aliphatic rings. The number of carbonyl (C=O) groups excluding carboxylic acids is 2. The van der Waals surface area contributed by atoms with Gasteiger partial charge in [-0.3, -0.25) is 4.79 Å². The topological polar surface area (TPSA) is 94.5 Å². The van der Waals surface area contributed by atoms with Crippen LogP contribution in [-0.2, 0) is 19.7 Å². The third kappa shape index (κ3) is 6.31. The van der Waals surface area contributed by atoms with Crippen molar-refractivity contribution in [2.45, 2.75) is 69.5 Å². The van der Waals surface area contributed by atoms with Gasteiger partial charge in [-0.15, -0.1) is 0 Å². The Hall–Kier alpha value is -3.71. The molecule has 5 atom stereocenters. The van der Waals surface area contributed by atoms with Gasteiger partial charge in [-0.1, -0.05) is 62.2 Å². The highest BCUT2D eigenvalue weighted by Crippen LogP contribution is 2.53. The van der Waals surface area contributed by atoms with E-state index in [0.29, 0.717) is 25.1 Å². The molecule has 5 rings (SSSR count). The second-order valence-corrected chi connectivity index (χ2v) is 13.9. The molecule has 3 aromatic rings. The second kappa shape index (κ2) is 13.2. The maximum absolute atomic E-state index is 15.9. The van der Waals surface area contributed by atoms with Crippen molar-refractivity contribution >= 4 is 46.5 Å². The van der Waals surface area contributed by atoms with Gasteiger partial charge in [0, 0.05) is 40.5 Å². The van der Waals surface area contributed by atoms with E-state index in [-0.39, 0.29) is 38.6 Å². The standard InChI is InChI=1S/C35H36Cl2F2N4O3/c1-34(2,3)18-28-35(19-40,24-15-10-20(36)17-26(24)38)29(23-7-5-8-25(37)30(23)39)31(42-28)32(44)41-21-11-13-22(14-12-21)43-16-6-9-27(43)33(45)46-4/h5,7-8,10-15,17,27-29,31,42H,6,9,16,18H2,1-4H3,(H,41,44)/t27?,28-,29-,31+,35-/m0/s1. The van der Waals surface area contributed by atoms with Crippen molar-refractivity contribution in [2.75, 3.05) is 23.9 Å². The molecule has 242 valence electrons. The smallest absolute Gasteiger partial charge is 0.328 e. The minimum absolute atomic E-state index is 0.0101. The van der Waals surface area contributed by atoms with Crippen LogP contribution in [0.3, 0.4) is 0 Å². The van der Waals surface area contributed by atoms with Crippen molar-refractivity contribution in [1.82, 2.24) is 5.32 Å². The third-order valence-corrected chi connectivity index (χ3v) is 9.45. The molecule has 2 aliphatic heterocycles. The number of rotatable bonds is 7. The fraction of sp³-hybridized carbons (Fsp3) is 0.400. The van der Waals surface area contributed by atoms with E-state index >= 15 is 8.78 Å². The van der Waals surface area contributed by atoms with Gasteiger partial charge in [-0.2, -0.15) is 5.26 Å². The minimum Gasteiger partial charge on any atom is -0.467 e. The van der Waals surface area contributed by atoms with E-state index in [9.17, 15) is 14.9 Å². The molecular formula is C35H36Cl2F2N4O3. The number of halogens is 4. The molecule has 1 amide bonds. The first-order chi connectivity index (χ1) is 21.8. The van der Waals surface area contributed by atoms with Crippen LogP contribution in [0.2, 0.25) is 10.0 Å². The van der Waals surface area contributed by atoms with Gasteiger partial charge in [0.2, 0.25) is 5.91 Å². The van der Waals surface area contributed by atoms with Crippen molar-refractivity contribution < 1.29 is 23.1 Å². The third-order valence-electron chi connectivity index (χ3n) is 8.92. The van der Waals surface area contributed by atoms with Crippen molar-refractivity contribution in [3.63, 3.8) is 0 Å². The summed E-state index contributed by atoms with van der Waals surface area (Å²) >= 11 is 12.3. The molecule has 0 radical (unpaired) electrons. The first-order valence-electron chi connectivity index (χ1n) is 15.1. The Labute approximate surface area is 277 Å². The van der Waals surface area contributed by atoms with Crippen LogP contribution in [0.25, 0.3) is 0 Å². The van der Waals surface area contributed by atoms with Crippen molar-refractivity contribution in [3.8, 4) is 6.07 Å². The zero-order valence-corrected chi connectivity index (χ0v) is 27.6. The highest BCUT2D eigenvalue weighted by atomic mass is 35.5. The summed E-state index contributed by atoms with van der Waals surface area (Å²) < 4.78 is 36.7. The Balaban J connectivity index is 1.57. The largest absolute Gasteiger partial charge is 0.467 e. The van der Waals surface area contributed by atoms with Gasteiger partial charge in [-0.25, -0.2) is 13.6 Å². The van der Waals surface area contributed by atoms with Crippen LogP contribution in [0.5, 0.6) is 0 Å². The Kier molecular flexibility index (Phi) is 9.65. The maximum atomic E-state index is 15.9. The summed E-state index contributed by atoms with van der Waals surface area (Å²) in [5.74, 6) is -3.52. The molecule has 2 fully saturated rings. The fourth-order valence-electron chi connectivity index (χ4n) is 6.97. The molecule has 3 aromatic carbocycles. The average molecular weight is 670 g/mol. The second-order valence-electron chi connectivity index (χ2n) is 13.1. The van der Waals surface area contributed by atoms with Gasteiger partial charge in [-0.05, 0) is 72.7 Å². The Bertz CT molecular complexity index is 1670. The molecular weight excluding hydrogens is 633 g/mol. The number of methoxy groups -OCH3 is 1. The first-order valence-corrected chi connectivity index (χ1v) is 15.9. The molecule has 0 bridgehead atoms. The molecule has 0 spiro atoms. The molecule has 11 heteroatoms. The number of nitrogens with zero attached hydrogens (tertiary/aromatic N) is 2. The number of nitrogens with one attached hydrogen (secondary N) is 2. The number of amides is 1. The number of nitriles is 1. The van der Waals surface area contributed by atoms with E-state index in [1.165, 1.54) is 31.4 Å². The van der Waals surface area contributed by atoms with E-state index in [1.807, 2.05) is 25.7 Å². The van der Waals surface area contributed by atoms with Gasteiger partial charge in [0.1, 0.15) is 23.1 Å². The lowest BCUT2D eigenvalue weighted by molar-refractivity contribution is -0.141. The highest BCUT2D eigenvalue weighted by molar-refractivity contribution is 6.31. The summed E-state index contributed by atoms with van der Waals surface area (Å²) in [6.07, 6.45) is 1.89. The lowest BCUT2D eigenvalue weighted by atomic mass is 9.62. The van der Waals surface area contributed by atoms with Crippen LogP contribution in [0.4, 0.5) is 20.2 Å². The molecule has 2 N–H and O–H groups in total. The van der Waals surface area contributed by atoms with E-state index < -0.39 is 41.0 Å². The summed E-state index contributed by atoms with van der Waals surface area (Å²) in [6, 6.07) is 15.5. The van der Waals surface area contributed by atoms with Gasteiger partial charge in [0.05, 0.1) is 24.2 Å². The van der Waals surface area contributed by atoms with Gasteiger partial charge < -0.3 is 20.3 Å². The van der Waals surface area contributed by atoms with E-state index in [0.717, 1.165) is 18.2 Å². The minimum atomic E-state index is -1.72. The van der Waals surface area contributed by atoms with Gasteiger partial charge in [0.25, 0.3) is 0 Å². The predicted molar refractivity (Wildman–Crippen MR) is 175 cm³/mol. The lowest BCUT2D eigenvalue weighted by Gasteiger charge is -2.37. The lowest BCUT2D eigenvalue weighted by Crippen LogP contribution is -2.45. The zero-order valence-electron chi connectivity index (χ0n) is 26.0. The van der Waals surface area contributed by atoms with E-state index in [1.54, 1.807) is 30.3 Å². The molecule has 46 heavy (non-hydrogen) atoms. The number of hydrogen-bond acceptors (Lipinski definition) is 6. The fourth-order valence-corrected chi connectivity index (χ4v) is 7.31. The van der Waals surface area contributed by atoms with Crippen LogP contribution in [0, 0.1) is 28.4 Å². The summed E-state index contributed by atoms with van der Waals surface area (Å²) in [6.45, 7) is 6.62. The van der Waals surface area contributed by atoms with Crippen molar-refractivity contribution in [2.24, 2.45) is 5.41 Å². The summed E-state index contributed by atoms with van der Waals surface area (Å²) in [7, 11) is 1.37. The average Bonchev–Trinajstić information content (AvgIpc) is 3.62. The molecule has 1 unspecified atom stereocenters. The number of ether oxygens (including phenoxy) is 1. The molecule has 0 aliphatic carbocycles. The van der Waals surface area contributed by atoms with Crippen LogP contribution in [0.15, 0.2) is 60.7 Å². The van der Waals surface area contributed by atoms with Crippen LogP contribution in [0.1, 0.15) is 57.1 Å². The van der Waals surface area contributed by atoms with Gasteiger partial charge >= 0.3 is 5.97 Å². The molecule has 2 heterocycles. The summed E-state index contributed by atoms with van der Waals surface area (Å²) in [5, 5.41) is 17.2. The summed E-state index contributed by atoms with van der Waals surface area (Å²) in [4.78, 5) is 28.4. The summed E-state index contributed by atoms with van der Waals surface area (Å²) in [5.41, 5.74) is -0.803. The van der Waals surface area contributed by atoms with Crippen molar-refractivity contribution in [3.05, 3.63) is 93.5 Å². The van der Waals surface area contributed by atoms with Crippen molar-refractivity contribution in [1.29, 1.82) is 5.26 Å². The quantitative estimate of drug-likeness (QED) is 0.255. The Morgan fingerprint density at radius 3 is 2.48 bits per heavy atom. The Morgan fingerprint density at radius 1 is 1.13 bits per heavy atom.